The SMILES string of the molecule is C=CCCCCOC(=O)[C@H]1[C@H]2C(=O)N(CCO)C(C(=O)N(CC=C)C3CCCCC3)C23CC(Br)[C@@H]1S3. The molecule has 1 saturated carbocycles. The molecule has 4 rings (SSSR count). The summed E-state index contributed by atoms with van der Waals surface area (Å²) in [5.74, 6) is -1.83. The third-order valence-corrected chi connectivity index (χ3v) is 11.5. The maximum atomic E-state index is 14.3. The van der Waals surface area contributed by atoms with E-state index in [0.717, 1.165) is 44.9 Å². The summed E-state index contributed by atoms with van der Waals surface area (Å²) in [6, 6.07) is -0.574. The lowest BCUT2D eigenvalue weighted by Gasteiger charge is -2.41. The number of ether oxygens (including phenoxy) is 1. The van der Waals surface area contributed by atoms with Gasteiger partial charge in [-0.2, -0.15) is 0 Å². The third-order valence-electron chi connectivity index (χ3n) is 8.31. The fourth-order valence-electron chi connectivity index (χ4n) is 6.79. The number of hydrogen-bond donors (Lipinski definition) is 1. The highest BCUT2D eigenvalue weighted by Crippen LogP contribution is 2.68. The number of carbonyl (C=O) groups is 3. The molecule has 2 bridgehead atoms. The van der Waals surface area contributed by atoms with Crippen LogP contribution < -0.4 is 0 Å². The molecule has 4 aliphatic rings. The van der Waals surface area contributed by atoms with Crippen molar-refractivity contribution in [2.45, 2.75) is 84.7 Å². The number of amides is 2. The Balaban J connectivity index is 1.62. The van der Waals surface area contributed by atoms with E-state index in [4.69, 9.17) is 4.74 Å². The van der Waals surface area contributed by atoms with Crippen molar-refractivity contribution in [2.24, 2.45) is 11.8 Å². The topological polar surface area (TPSA) is 87.1 Å². The quantitative estimate of drug-likeness (QED) is 0.163. The number of nitrogens with zero attached hydrogens (tertiary/aromatic N) is 2. The van der Waals surface area contributed by atoms with Gasteiger partial charge in [-0.05, 0) is 38.5 Å². The highest BCUT2D eigenvalue weighted by atomic mass is 79.9. The first kappa shape index (κ1) is 27.7. The molecule has 0 aromatic heterocycles. The van der Waals surface area contributed by atoms with E-state index in [9.17, 15) is 19.5 Å². The Hall–Kier alpha value is -1.32. The number of halogens is 1. The van der Waals surface area contributed by atoms with E-state index in [1.807, 2.05) is 11.0 Å². The van der Waals surface area contributed by atoms with E-state index in [-0.39, 0.29) is 47.1 Å². The predicted molar refractivity (Wildman–Crippen MR) is 145 cm³/mol. The molecule has 3 unspecified atom stereocenters. The van der Waals surface area contributed by atoms with Crippen molar-refractivity contribution >= 4 is 45.5 Å². The van der Waals surface area contributed by atoms with Crippen LogP contribution in [0.25, 0.3) is 0 Å². The largest absolute Gasteiger partial charge is 0.465 e. The summed E-state index contributed by atoms with van der Waals surface area (Å²) < 4.78 is 4.96. The summed E-state index contributed by atoms with van der Waals surface area (Å²) in [4.78, 5) is 44.9. The van der Waals surface area contributed by atoms with Crippen molar-refractivity contribution in [1.29, 1.82) is 0 Å². The Morgan fingerprint density at radius 3 is 2.64 bits per heavy atom. The molecule has 6 atom stereocenters. The maximum absolute atomic E-state index is 14.3. The van der Waals surface area contributed by atoms with Gasteiger partial charge in [0.05, 0.1) is 29.8 Å². The number of carbonyl (C=O) groups excluding carboxylic acids is 3. The second-order valence-corrected chi connectivity index (χ2v) is 13.2. The van der Waals surface area contributed by atoms with Crippen LogP contribution >= 0.6 is 27.7 Å². The van der Waals surface area contributed by atoms with Crippen LogP contribution in [0.4, 0.5) is 0 Å². The van der Waals surface area contributed by atoms with Gasteiger partial charge in [0.15, 0.2) is 0 Å². The van der Waals surface area contributed by atoms with Crippen molar-refractivity contribution < 1.29 is 24.2 Å². The Bertz CT molecular complexity index is 865. The van der Waals surface area contributed by atoms with Gasteiger partial charge in [-0.1, -0.05) is 47.3 Å². The second-order valence-electron chi connectivity index (χ2n) is 10.4. The van der Waals surface area contributed by atoms with Crippen molar-refractivity contribution in [2.75, 3.05) is 26.3 Å². The lowest BCUT2D eigenvalue weighted by molar-refractivity contribution is -0.154. The molecule has 36 heavy (non-hydrogen) atoms. The number of likely N-dealkylation sites (tertiary alicyclic amines) is 1. The number of β-amino-alcohol motifs (C(OH)–C–C–N with tert-alkyl or cyclic N) is 1. The van der Waals surface area contributed by atoms with Gasteiger partial charge in [-0.15, -0.1) is 24.9 Å². The number of hydrogen-bond acceptors (Lipinski definition) is 6. The number of unbranched alkanes of at least 4 members (excludes halogenated alkanes) is 2. The van der Waals surface area contributed by atoms with Crippen LogP contribution in [0.1, 0.15) is 57.8 Å². The average Bonchev–Trinajstić information content (AvgIpc) is 3.46. The van der Waals surface area contributed by atoms with Crippen LogP contribution in [0.2, 0.25) is 0 Å². The molecule has 3 saturated heterocycles. The van der Waals surface area contributed by atoms with Gasteiger partial charge in [0.2, 0.25) is 11.8 Å². The van der Waals surface area contributed by atoms with Crippen molar-refractivity contribution in [3.05, 3.63) is 25.3 Å². The minimum atomic E-state index is -0.706. The van der Waals surface area contributed by atoms with E-state index < -0.39 is 22.6 Å². The van der Waals surface area contributed by atoms with Crippen LogP contribution in [0, 0.1) is 11.8 Å². The highest BCUT2D eigenvalue weighted by molar-refractivity contribution is 9.09. The summed E-state index contributed by atoms with van der Waals surface area (Å²) in [5.41, 5.74) is 0. The summed E-state index contributed by atoms with van der Waals surface area (Å²) >= 11 is 5.39. The Morgan fingerprint density at radius 1 is 1.22 bits per heavy atom. The molecule has 1 spiro atoms. The third kappa shape index (κ3) is 4.92. The van der Waals surface area contributed by atoms with Gasteiger partial charge in [-0.25, -0.2) is 0 Å². The first-order valence-electron chi connectivity index (χ1n) is 13.3. The summed E-state index contributed by atoms with van der Waals surface area (Å²) in [5, 5.41) is 9.71. The lowest BCUT2D eigenvalue weighted by atomic mass is 9.71. The van der Waals surface area contributed by atoms with Crippen LogP contribution in [-0.4, -0.2) is 85.9 Å². The number of allylic oxidation sites excluding steroid dienone is 1. The Kier molecular flexibility index (Phi) is 9.26. The normalized spacial score (nSPS) is 33.4. The number of alkyl halides is 1. The molecule has 1 N–H and O–H groups in total. The van der Waals surface area contributed by atoms with E-state index in [1.165, 1.54) is 6.42 Å². The summed E-state index contributed by atoms with van der Waals surface area (Å²) in [7, 11) is 0. The Labute approximate surface area is 227 Å². The molecule has 4 fully saturated rings. The molecular formula is C27H39BrN2O5S. The monoisotopic (exact) mass is 582 g/mol. The van der Waals surface area contributed by atoms with Gasteiger partial charge in [0.1, 0.15) is 6.04 Å². The zero-order chi connectivity index (χ0) is 25.9. The van der Waals surface area contributed by atoms with Crippen molar-refractivity contribution in [1.82, 2.24) is 9.80 Å². The van der Waals surface area contributed by atoms with E-state index >= 15 is 0 Å². The fourth-order valence-corrected chi connectivity index (χ4v) is 10.4. The number of aliphatic hydroxyl groups is 1. The highest BCUT2D eigenvalue weighted by Gasteiger charge is 2.76. The van der Waals surface area contributed by atoms with Crippen LogP contribution in [0.15, 0.2) is 25.3 Å². The van der Waals surface area contributed by atoms with E-state index in [2.05, 4.69) is 29.1 Å². The maximum Gasteiger partial charge on any atom is 0.310 e. The molecule has 3 heterocycles. The molecule has 7 nitrogen and oxygen atoms in total. The van der Waals surface area contributed by atoms with E-state index in [0.29, 0.717) is 19.6 Å². The van der Waals surface area contributed by atoms with Crippen LogP contribution in [0.3, 0.4) is 0 Å². The van der Waals surface area contributed by atoms with Gasteiger partial charge in [-0.3, -0.25) is 14.4 Å². The number of fused-ring (bicyclic) bond motifs is 1. The molecular weight excluding hydrogens is 544 g/mol. The first-order valence-corrected chi connectivity index (χ1v) is 15.1. The zero-order valence-corrected chi connectivity index (χ0v) is 23.4. The van der Waals surface area contributed by atoms with Crippen molar-refractivity contribution in [3.8, 4) is 0 Å². The standard InChI is InChI=1S/C27H39BrN2O5S/c1-3-5-6-10-16-35-26(34)20-21-24(32)30(14-15-31)23(27(21)17-19(28)22(20)36-27)25(33)29(13-4-2)18-11-8-7-9-12-18/h3-4,18-23,31H,1-2,5-17H2/t19?,20-,21-,22-,23?,27?/m0/s1. The van der Waals surface area contributed by atoms with E-state index in [1.54, 1.807) is 22.7 Å². The number of rotatable bonds is 12. The van der Waals surface area contributed by atoms with Gasteiger partial charge in [0.25, 0.3) is 0 Å². The van der Waals surface area contributed by atoms with Gasteiger partial charge in [0, 0.05) is 29.2 Å². The Morgan fingerprint density at radius 2 is 1.97 bits per heavy atom. The smallest absolute Gasteiger partial charge is 0.310 e. The molecule has 200 valence electrons. The molecule has 0 radical (unpaired) electrons. The first-order chi connectivity index (χ1) is 17.4. The molecule has 0 aromatic carbocycles. The molecule has 9 heteroatoms. The predicted octanol–water partition coefficient (Wildman–Crippen LogP) is 3.69. The van der Waals surface area contributed by atoms with Crippen LogP contribution in [-0.2, 0) is 19.1 Å². The summed E-state index contributed by atoms with van der Waals surface area (Å²) in [6.45, 7) is 8.22. The average molecular weight is 584 g/mol. The molecule has 1 aliphatic carbocycles. The minimum absolute atomic E-state index is 0.0109. The minimum Gasteiger partial charge on any atom is -0.465 e. The lowest BCUT2D eigenvalue weighted by Crippen LogP contribution is -2.57. The number of thioether (sulfide) groups is 1. The van der Waals surface area contributed by atoms with Gasteiger partial charge < -0.3 is 19.6 Å². The zero-order valence-electron chi connectivity index (χ0n) is 21.0. The van der Waals surface area contributed by atoms with Crippen LogP contribution in [0.5, 0.6) is 0 Å². The number of esters is 1. The second kappa shape index (κ2) is 12.0. The summed E-state index contributed by atoms with van der Waals surface area (Å²) in [6.07, 6.45) is 12.0. The molecule has 2 amide bonds. The van der Waals surface area contributed by atoms with Gasteiger partial charge >= 0.3 is 5.97 Å². The molecule has 3 aliphatic heterocycles. The number of aliphatic hydroxyl groups excluding tert-OH is 1. The van der Waals surface area contributed by atoms with Crippen molar-refractivity contribution in [3.63, 3.8) is 0 Å². The fraction of sp³-hybridized carbons (Fsp3) is 0.741. The molecule has 0 aromatic rings.